The highest BCUT2D eigenvalue weighted by Crippen LogP contribution is 2.27. The third-order valence-electron chi connectivity index (χ3n) is 6.54. The molecule has 222 valence electrons. The SMILES string of the molecule is CC(C)(C)OC(=O)N[C@@H](Cc1ccc(OC(C)(C)C)cc1)C(=O)N1Cc2ccccc2C[C@H]1C(=O)Oc1ccccc1. The fraction of sp³-hybridized carbons (Fsp3) is 0.382. The van der Waals surface area contributed by atoms with Gasteiger partial charge in [0, 0.05) is 19.4 Å². The molecule has 4 rings (SSSR count). The van der Waals surface area contributed by atoms with Gasteiger partial charge < -0.3 is 24.4 Å². The van der Waals surface area contributed by atoms with Crippen molar-refractivity contribution in [2.24, 2.45) is 0 Å². The molecule has 0 saturated carbocycles. The number of para-hydroxylation sites is 1. The summed E-state index contributed by atoms with van der Waals surface area (Å²) < 4.78 is 17.1. The number of benzene rings is 3. The fourth-order valence-electron chi connectivity index (χ4n) is 4.77. The van der Waals surface area contributed by atoms with E-state index in [-0.39, 0.29) is 18.6 Å². The first-order valence-electron chi connectivity index (χ1n) is 14.2. The van der Waals surface area contributed by atoms with Crippen LogP contribution in [0.3, 0.4) is 0 Å². The maximum atomic E-state index is 14.3. The van der Waals surface area contributed by atoms with Crippen LogP contribution in [-0.2, 0) is 33.7 Å². The molecule has 2 amide bonds. The third kappa shape index (κ3) is 8.59. The third-order valence-corrected chi connectivity index (χ3v) is 6.54. The number of esters is 1. The van der Waals surface area contributed by atoms with Crippen LogP contribution in [0.1, 0.15) is 58.2 Å². The predicted octanol–water partition coefficient (Wildman–Crippen LogP) is 5.86. The van der Waals surface area contributed by atoms with Crippen molar-refractivity contribution < 1.29 is 28.6 Å². The van der Waals surface area contributed by atoms with Crippen molar-refractivity contribution in [3.63, 3.8) is 0 Å². The normalized spacial score (nSPS) is 15.7. The molecule has 1 N–H and O–H groups in total. The van der Waals surface area contributed by atoms with E-state index in [4.69, 9.17) is 14.2 Å². The van der Waals surface area contributed by atoms with Crippen LogP contribution in [0.2, 0.25) is 0 Å². The van der Waals surface area contributed by atoms with Gasteiger partial charge in [-0.05, 0) is 82.5 Å². The molecule has 8 nitrogen and oxygen atoms in total. The van der Waals surface area contributed by atoms with Gasteiger partial charge in [-0.25, -0.2) is 9.59 Å². The zero-order chi connectivity index (χ0) is 30.5. The van der Waals surface area contributed by atoms with Crippen LogP contribution >= 0.6 is 0 Å². The summed E-state index contributed by atoms with van der Waals surface area (Å²) in [5.41, 5.74) is 1.62. The molecular formula is C34H40N2O6. The highest BCUT2D eigenvalue weighted by atomic mass is 16.6. The molecule has 8 heteroatoms. The maximum Gasteiger partial charge on any atom is 0.408 e. The molecule has 2 atom stereocenters. The Kier molecular flexibility index (Phi) is 9.24. The Balaban J connectivity index is 1.63. The van der Waals surface area contributed by atoms with Gasteiger partial charge in [-0.3, -0.25) is 4.79 Å². The van der Waals surface area contributed by atoms with E-state index in [1.165, 1.54) is 4.90 Å². The first kappa shape index (κ1) is 30.6. The smallest absolute Gasteiger partial charge is 0.408 e. The number of hydrogen-bond donors (Lipinski definition) is 1. The molecule has 1 aliphatic rings. The molecule has 0 bridgehead atoms. The highest BCUT2D eigenvalue weighted by molar-refractivity contribution is 5.91. The van der Waals surface area contributed by atoms with E-state index < -0.39 is 35.7 Å². The van der Waals surface area contributed by atoms with E-state index in [1.807, 2.05) is 75.4 Å². The largest absolute Gasteiger partial charge is 0.488 e. The summed E-state index contributed by atoms with van der Waals surface area (Å²) in [6.45, 7) is 11.4. The summed E-state index contributed by atoms with van der Waals surface area (Å²) in [6, 6.07) is 22.0. The molecule has 0 aliphatic carbocycles. The molecule has 42 heavy (non-hydrogen) atoms. The van der Waals surface area contributed by atoms with Crippen molar-refractivity contribution in [3.05, 3.63) is 95.6 Å². The van der Waals surface area contributed by atoms with Gasteiger partial charge in [-0.1, -0.05) is 54.6 Å². The first-order valence-corrected chi connectivity index (χ1v) is 14.2. The van der Waals surface area contributed by atoms with Gasteiger partial charge in [-0.2, -0.15) is 0 Å². The van der Waals surface area contributed by atoms with Crippen molar-refractivity contribution in [2.75, 3.05) is 0 Å². The summed E-state index contributed by atoms with van der Waals surface area (Å²) in [4.78, 5) is 42.2. The molecule has 0 aromatic heterocycles. The lowest BCUT2D eigenvalue weighted by Crippen LogP contribution is -2.57. The Morgan fingerprint density at radius 1 is 0.810 bits per heavy atom. The second-order valence-electron chi connectivity index (χ2n) is 12.5. The standard InChI is InChI=1S/C34H40N2O6/c1-33(2,3)41-27-18-16-23(17-19-27)20-28(35-32(39)42-34(4,5)6)30(37)36-22-25-13-11-10-12-24(25)21-29(36)31(38)40-26-14-8-7-9-15-26/h7-19,28-29H,20-22H2,1-6H3,(H,35,39)/t28-,29-/m0/s1. The van der Waals surface area contributed by atoms with E-state index in [0.29, 0.717) is 17.9 Å². The molecule has 3 aromatic carbocycles. The van der Waals surface area contributed by atoms with Gasteiger partial charge >= 0.3 is 12.1 Å². The second-order valence-corrected chi connectivity index (χ2v) is 12.5. The first-order chi connectivity index (χ1) is 19.8. The summed E-state index contributed by atoms with van der Waals surface area (Å²) in [6.07, 6.45) is -0.229. The molecule has 0 fully saturated rings. The van der Waals surface area contributed by atoms with Crippen molar-refractivity contribution in [3.8, 4) is 11.5 Å². The molecule has 3 aromatic rings. The number of alkyl carbamates (subject to hydrolysis) is 1. The highest BCUT2D eigenvalue weighted by Gasteiger charge is 2.39. The van der Waals surface area contributed by atoms with Gasteiger partial charge in [0.15, 0.2) is 0 Å². The topological polar surface area (TPSA) is 94.2 Å². The van der Waals surface area contributed by atoms with E-state index in [9.17, 15) is 14.4 Å². The number of amides is 2. The van der Waals surface area contributed by atoms with Gasteiger partial charge in [0.25, 0.3) is 0 Å². The molecular weight excluding hydrogens is 532 g/mol. The van der Waals surface area contributed by atoms with Crippen LogP contribution in [0.25, 0.3) is 0 Å². The molecule has 0 spiro atoms. The van der Waals surface area contributed by atoms with Crippen LogP contribution in [0.15, 0.2) is 78.9 Å². The number of carbonyl (C=O) groups excluding carboxylic acids is 3. The van der Waals surface area contributed by atoms with Crippen molar-refractivity contribution in [1.82, 2.24) is 10.2 Å². The number of carbonyl (C=O) groups is 3. The zero-order valence-electron chi connectivity index (χ0n) is 25.2. The summed E-state index contributed by atoms with van der Waals surface area (Å²) in [5.74, 6) is 0.157. The summed E-state index contributed by atoms with van der Waals surface area (Å²) in [7, 11) is 0. The lowest BCUT2D eigenvalue weighted by atomic mass is 9.92. The molecule has 0 radical (unpaired) electrons. The lowest BCUT2D eigenvalue weighted by Gasteiger charge is -2.37. The Morgan fingerprint density at radius 2 is 1.43 bits per heavy atom. The van der Waals surface area contributed by atoms with Crippen LogP contribution in [-0.4, -0.2) is 46.2 Å². The van der Waals surface area contributed by atoms with Crippen LogP contribution in [0, 0.1) is 0 Å². The maximum absolute atomic E-state index is 14.3. The quantitative estimate of drug-likeness (QED) is 0.282. The van der Waals surface area contributed by atoms with Crippen molar-refractivity contribution in [1.29, 1.82) is 0 Å². The number of rotatable bonds is 7. The number of nitrogens with zero attached hydrogens (tertiary/aromatic N) is 1. The van der Waals surface area contributed by atoms with Gasteiger partial charge in [-0.15, -0.1) is 0 Å². The van der Waals surface area contributed by atoms with E-state index in [1.54, 1.807) is 45.0 Å². The minimum Gasteiger partial charge on any atom is -0.488 e. The zero-order valence-corrected chi connectivity index (χ0v) is 25.2. The molecule has 1 heterocycles. The number of fused-ring (bicyclic) bond motifs is 1. The predicted molar refractivity (Wildman–Crippen MR) is 160 cm³/mol. The van der Waals surface area contributed by atoms with Gasteiger partial charge in [0.2, 0.25) is 5.91 Å². The lowest BCUT2D eigenvalue weighted by molar-refractivity contribution is -0.150. The molecule has 0 saturated heterocycles. The molecule has 0 unspecified atom stereocenters. The number of nitrogens with one attached hydrogen (secondary N) is 1. The average Bonchev–Trinajstić information content (AvgIpc) is 2.91. The molecule has 1 aliphatic heterocycles. The number of hydrogen-bond acceptors (Lipinski definition) is 6. The van der Waals surface area contributed by atoms with Crippen LogP contribution in [0.5, 0.6) is 11.5 Å². The van der Waals surface area contributed by atoms with E-state index in [2.05, 4.69) is 5.32 Å². The van der Waals surface area contributed by atoms with Crippen LogP contribution in [0.4, 0.5) is 4.79 Å². The Labute approximate surface area is 248 Å². The van der Waals surface area contributed by atoms with Crippen LogP contribution < -0.4 is 14.8 Å². The van der Waals surface area contributed by atoms with E-state index in [0.717, 1.165) is 16.7 Å². The number of ether oxygens (including phenoxy) is 3. The fourth-order valence-corrected chi connectivity index (χ4v) is 4.77. The Hall–Kier alpha value is -4.33. The summed E-state index contributed by atoms with van der Waals surface area (Å²) >= 11 is 0. The minimum atomic E-state index is -0.994. The summed E-state index contributed by atoms with van der Waals surface area (Å²) in [5, 5.41) is 2.77. The average molecular weight is 573 g/mol. The second kappa shape index (κ2) is 12.7. The monoisotopic (exact) mass is 572 g/mol. The minimum absolute atomic E-state index is 0.187. The van der Waals surface area contributed by atoms with Gasteiger partial charge in [0.1, 0.15) is 34.8 Å². The van der Waals surface area contributed by atoms with Crippen molar-refractivity contribution in [2.45, 2.75) is 84.2 Å². The van der Waals surface area contributed by atoms with Gasteiger partial charge in [0.05, 0.1) is 0 Å². The van der Waals surface area contributed by atoms with Crippen molar-refractivity contribution >= 4 is 18.0 Å². The van der Waals surface area contributed by atoms with E-state index >= 15 is 0 Å². The Bertz CT molecular complexity index is 1390. The Morgan fingerprint density at radius 3 is 2.05 bits per heavy atom.